The third kappa shape index (κ3) is 4.16. The highest BCUT2D eigenvalue weighted by Crippen LogP contribution is 2.34. The maximum atomic E-state index is 13.3. The van der Waals surface area contributed by atoms with Crippen LogP contribution in [0.5, 0.6) is 0 Å². The number of nitrogens with zero attached hydrogens (tertiary/aromatic N) is 4. The van der Waals surface area contributed by atoms with E-state index >= 15 is 0 Å². The normalized spacial score (nSPS) is 14.9. The smallest absolute Gasteiger partial charge is 0.417 e. The Morgan fingerprint density at radius 1 is 1.11 bits per heavy atom. The van der Waals surface area contributed by atoms with Gasteiger partial charge in [-0.25, -0.2) is 4.79 Å². The van der Waals surface area contributed by atoms with Crippen molar-refractivity contribution in [1.29, 1.82) is 0 Å². The summed E-state index contributed by atoms with van der Waals surface area (Å²) in [5.74, 6) is -1.67. The summed E-state index contributed by atoms with van der Waals surface area (Å²) in [5.41, 5.74) is -1.80. The maximum absolute atomic E-state index is 13.3. The summed E-state index contributed by atoms with van der Waals surface area (Å²) in [4.78, 5) is 26.5. The molecular weight excluding hydrogens is 401 g/mol. The molecule has 28 heavy (non-hydrogen) atoms. The Balaban J connectivity index is 1.83. The van der Waals surface area contributed by atoms with E-state index in [0.717, 1.165) is 12.1 Å². The average molecular weight is 415 g/mol. The van der Waals surface area contributed by atoms with Crippen LogP contribution in [-0.2, 0) is 6.18 Å². The van der Waals surface area contributed by atoms with Crippen LogP contribution in [0.25, 0.3) is 0 Å². The zero-order valence-electron chi connectivity index (χ0n) is 14.3. The van der Waals surface area contributed by atoms with E-state index in [4.69, 9.17) is 16.7 Å². The fourth-order valence-corrected chi connectivity index (χ4v) is 3.04. The summed E-state index contributed by atoms with van der Waals surface area (Å²) in [7, 11) is 0. The fourth-order valence-electron chi connectivity index (χ4n) is 2.87. The van der Waals surface area contributed by atoms with Crippen molar-refractivity contribution in [3.8, 4) is 0 Å². The molecule has 1 aliphatic heterocycles. The van der Waals surface area contributed by atoms with Gasteiger partial charge in [0.1, 0.15) is 0 Å². The fraction of sp³-hybridized carbons (Fsp3) is 0.294. The Hall–Kier alpha value is -2.88. The van der Waals surface area contributed by atoms with Gasteiger partial charge in [0.25, 0.3) is 5.91 Å². The monoisotopic (exact) mass is 414 g/mol. The molecule has 1 aromatic carbocycles. The summed E-state index contributed by atoms with van der Waals surface area (Å²) >= 11 is 5.66. The largest absolute Gasteiger partial charge is 0.476 e. The first-order valence-corrected chi connectivity index (χ1v) is 8.52. The lowest BCUT2D eigenvalue weighted by Crippen LogP contribution is -2.48. The molecule has 7 nitrogen and oxygen atoms in total. The summed E-state index contributed by atoms with van der Waals surface area (Å²) in [5, 5.41) is 16.2. The number of carbonyl (C=O) groups excluding carboxylic acids is 1. The van der Waals surface area contributed by atoms with E-state index < -0.39 is 29.2 Å². The zero-order valence-corrected chi connectivity index (χ0v) is 15.0. The average Bonchev–Trinajstić information content (AvgIpc) is 2.67. The van der Waals surface area contributed by atoms with Gasteiger partial charge in [0, 0.05) is 18.1 Å². The zero-order chi connectivity index (χ0) is 20.5. The predicted molar refractivity (Wildman–Crippen MR) is 93.3 cm³/mol. The van der Waals surface area contributed by atoms with Crippen LogP contribution in [0.2, 0.25) is 5.02 Å². The van der Waals surface area contributed by atoms with Crippen molar-refractivity contribution >= 4 is 29.3 Å². The Labute approximate surface area is 162 Å². The second-order valence-corrected chi connectivity index (χ2v) is 6.53. The molecule has 0 atom stereocenters. The topological polar surface area (TPSA) is 86.6 Å². The molecule has 1 aliphatic rings. The molecule has 1 N–H and O–H groups in total. The standard InChI is InChI=1S/C17H14ClF3N4O3/c18-10-2-3-11(12(8-10)17(19,20)21)15(26)25-7-1-6-24(9-25)14-5-4-13(16(27)28)22-23-14/h2-5,8H,1,6-7,9H2,(H,27,28). The molecule has 0 unspecified atom stereocenters. The number of carboxylic acids is 1. The Kier molecular flexibility index (Phi) is 5.41. The highest BCUT2D eigenvalue weighted by atomic mass is 35.5. The molecule has 3 rings (SSSR count). The molecule has 0 bridgehead atoms. The van der Waals surface area contributed by atoms with Crippen molar-refractivity contribution in [2.75, 3.05) is 24.7 Å². The number of carboxylic acid groups (broad SMARTS) is 1. The number of hydrogen-bond donors (Lipinski definition) is 1. The van der Waals surface area contributed by atoms with Gasteiger partial charge in [0.15, 0.2) is 11.5 Å². The lowest BCUT2D eigenvalue weighted by molar-refractivity contribution is -0.138. The SMILES string of the molecule is O=C(O)c1ccc(N2CCCN(C(=O)c3ccc(Cl)cc3C(F)(F)F)C2)nn1. The first-order chi connectivity index (χ1) is 13.2. The van der Waals surface area contributed by atoms with Crippen molar-refractivity contribution in [3.05, 3.63) is 52.2 Å². The number of aromatic carboxylic acids is 1. The second kappa shape index (κ2) is 7.63. The first kappa shape index (κ1) is 19.9. The molecule has 2 aromatic rings. The number of hydrogen-bond acceptors (Lipinski definition) is 5. The minimum absolute atomic E-state index is 0.000144. The van der Waals surface area contributed by atoms with Gasteiger partial charge in [-0.2, -0.15) is 13.2 Å². The highest BCUT2D eigenvalue weighted by molar-refractivity contribution is 6.30. The van der Waals surface area contributed by atoms with Crippen LogP contribution in [0.3, 0.4) is 0 Å². The van der Waals surface area contributed by atoms with Crippen LogP contribution < -0.4 is 4.90 Å². The number of alkyl halides is 3. The Bertz CT molecular complexity index is 906. The minimum atomic E-state index is -4.72. The van der Waals surface area contributed by atoms with Crippen molar-refractivity contribution < 1.29 is 27.9 Å². The van der Waals surface area contributed by atoms with Crippen LogP contribution in [0.15, 0.2) is 30.3 Å². The summed E-state index contributed by atoms with van der Waals surface area (Å²) in [6.45, 7) is 0.771. The molecule has 2 heterocycles. The predicted octanol–water partition coefficient (Wildman–Crippen LogP) is 3.16. The van der Waals surface area contributed by atoms with Gasteiger partial charge < -0.3 is 14.9 Å². The van der Waals surface area contributed by atoms with E-state index in [9.17, 15) is 22.8 Å². The second-order valence-electron chi connectivity index (χ2n) is 6.10. The third-order valence-electron chi connectivity index (χ3n) is 4.20. The van der Waals surface area contributed by atoms with E-state index in [1.807, 2.05) is 0 Å². The van der Waals surface area contributed by atoms with Gasteiger partial charge >= 0.3 is 12.1 Å². The molecule has 1 fully saturated rings. The lowest BCUT2D eigenvalue weighted by atomic mass is 10.1. The van der Waals surface area contributed by atoms with Crippen molar-refractivity contribution in [2.24, 2.45) is 0 Å². The van der Waals surface area contributed by atoms with Gasteiger partial charge in [-0.05, 0) is 36.8 Å². The van der Waals surface area contributed by atoms with Gasteiger partial charge in [-0.1, -0.05) is 11.6 Å². The number of amides is 1. The molecule has 1 amide bonds. The first-order valence-electron chi connectivity index (χ1n) is 8.15. The molecule has 148 valence electrons. The summed E-state index contributed by atoms with van der Waals surface area (Å²) < 4.78 is 39.9. The van der Waals surface area contributed by atoms with E-state index in [0.29, 0.717) is 18.8 Å². The van der Waals surface area contributed by atoms with E-state index in [-0.39, 0.29) is 23.9 Å². The number of aromatic nitrogens is 2. The molecular formula is C17H14ClF3N4O3. The minimum Gasteiger partial charge on any atom is -0.476 e. The number of rotatable bonds is 3. The quantitative estimate of drug-likeness (QED) is 0.830. The van der Waals surface area contributed by atoms with E-state index in [1.165, 1.54) is 23.1 Å². The van der Waals surface area contributed by atoms with Gasteiger partial charge in [0.2, 0.25) is 0 Å². The Morgan fingerprint density at radius 3 is 2.46 bits per heavy atom. The van der Waals surface area contributed by atoms with Crippen LogP contribution in [0, 0.1) is 0 Å². The van der Waals surface area contributed by atoms with E-state index in [2.05, 4.69) is 10.2 Å². The number of benzene rings is 1. The maximum Gasteiger partial charge on any atom is 0.417 e. The van der Waals surface area contributed by atoms with Crippen molar-refractivity contribution in [3.63, 3.8) is 0 Å². The summed E-state index contributed by atoms with van der Waals surface area (Å²) in [6.07, 6.45) is -4.22. The van der Waals surface area contributed by atoms with Gasteiger partial charge in [-0.15, -0.1) is 10.2 Å². The lowest BCUT2D eigenvalue weighted by Gasteiger charge is -2.36. The molecule has 0 saturated carbocycles. The van der Waals surface area contributed by atoms with Gasteiger partial charge in [0.05, 0.1) is 17.8 Å². The number of halogens is 4. The molecule has 1 aromatic heterocycles. The summed E-state index contributed by atoms with van der Waals surface area (Å²) in [6, 6.07) is 5.74. The molecule has 0 aliphatic carbocycles. The molecule has 1 saturated heterocycles. The van der Waals surface area contributed by atoms with Crippen LogP contribution >= 0.6 is 11.6 Å². The van der Waals surface area contributed by atoms with Crippen LogP contribution in [0.4, 0.5) is 19.0 Å². The van der Waals surface area contributed by atoms with Crippen LogP contribution in [-0.4, -0.2) is 51.8 Å². The molecule has 11 heteroatoms. The number of anilines is 1. The highest BCUT2D eigenvalue weighted by Gasteiger charge is 2.37. The molecule has 0 radical (unpaired) electrons. The van der Waals surface area contributed by atoms with E-state index in [1.54, 1.807) is 4.90 Å². The Morgan fingerprint density at radius 2 is 1.86 bits per heavy atom. The van der Waals surface area contributed by atoms with Crippen molar-refractivity contribution in [2.45, 2.75) is 12.6 Å². The number of carbonyl (C=O) groups is 2. The van der Waals surface area contributed by atoms with Crippen molar-refractivity contribution in [1.82, 2.24) is 15.1 Å². The molecule has 0 spiro atoms. The van der Waals surface area contributed by atoms with Gasteiger partial charge in [-0.3, -0.25) is 4.79 Å². The third-order valence-corrected chi connectivity index (χ3v) is 4.43. The van der Waals surface area contributed by atoms with Crippen LogP contribution in [0.1, 0.15) is 32.8 Å².